The van der Waals surface area contributed by atoms with Gasteiger partial charge in [-0.3, -0.25) is 9.59 Å². The number of amides is 2. The molecule has 158 valence electrons. The molecule has 7 nitrogen and oxygen atoms in total. The van der Waals surface area contributed by atoms with Gasteiger partial charge < -0.3 is 20.2 Å². The van der Waals surface area contributed by atoms with Crippen molar-refractivity contribution in [3.05, 3.63) is 52.7 Å². The summed E-state index contributed by atoms with van der Waals surface area (Å²) in [4.78, 5) is 37.0. The number of rotatable bonds is 5. The lowest BCUT2D eigenvalue weighted by molar-refractivity contribution is -0.133. The third-order valence-corrected chi connectivity index (χ3v) is 5.48. The summed E-state index contributed by atoms with van der Waals surface area (Å²) < 4.78 is 27.2. The fourth-order valence-electron chi connectivity index (χ4n) is 3.59. The number of halogens is 3. The molecule has 0 saturated carbocycles. The summed E-state index contributed by atoms with van der Waals surface area (Å²) in [6, 6.07) is 5.76. The standard InChI is InChI=1S/C20H20ClF2N5O2/c1-11-15(25-10-24-11)8-17(19(30)28-5-4-20(22,23)9-28)27-18(29)16-7-12-6-13(21)2-3-14(12)26-16/h2-3,6-7,10,17,26H,4-5,8-9H2,1H3,(H,24,25)(H,27,29). The van der Waals surface area contributed by atoms with Crippen molar-refractivity contribution in [3.63, 3.8) is 0 Å². The van der Waals surface area contributed by atoms with Crippen molar-refractivity contribution in [2.75, 3.05) is 13.1 Å². The molecular formula is C20H20ClF2N5O2. The molecule has 1 aliphatic heterocycles. The highest BCUT2D eigenvalue weighted by Gasteiger charge is 2.42. The predicted molar refractivity (Wildman–Crippen MR) is 108 cm³/mol. The number of fused-ring (bicyclic) bond motifs is 1. The molecule has 10 heteroatoms. The van der Waals surface area contributed by atoms with E-state index in [0.29, 0.717) is 10.7 Å². The predicted octanol–water partition coefficient (Wildman–Crippen LogP) is 3.06. The number of likely N-dealkylation sites (tertiary alicyclic amines) is 1. The fraction of sp³-hybridized carbons (Fsp3) is 0.350. The lowest BCUT2D eigenvalue weighted by Gasteiger charge is -2.24. The molecule has 1 atom stereocenters. The summed E-state index contributed by atoms with van der Waals surface area (Å²) in [7, 11) is 0. The van der Waals surface area contributed by atoms with Crippen LogP contribution in [0.1, 0.15) is 28.3 Å². The molecule has 1 fully saturated rings. The van der Waals surface area contributed by atoms with Crippen LogP contribution >= 0.6 is 11.6 Å². The summed E-state index contributed by atoms with van der Waals surface area (Å²) >= 11 is 5.99. The zero-order valence-electron chi connectivity index (χ0n) is 16.1. The second kappa shape index (κ2) is 7.71. The molecule has 1 aromatic carbocycles. The van der Waals surface area contributed by atoms with Crippen LogP contribution < -0.4 is 5.32 Å². The molecule has 3 heterocycles. The number of hydrogen-bond acceptors (Lipinski definition) is 3. The summed E-state index contributed by atoms with van der Waals surface area (Å²) in [6.45, 7) is 1.09. The highest BCUT2D eigenvalue weighted by Crippen LogP contribution is 2.27. The number of aromatic nitrogens is 3. The molecule has 0 aliphatic carbocycles. The van der Waals surface area contributed by atoms with E-state index in [1.807, 2.05) is 0 Å². The van der Waals surface area contributed by atoms with Crippen molar-refractivity contribution in [1.82, 2.24) is 25.2 Å². The third kappa shape index (κ3) is 4.16. The number of aromatic amines is 2. The Bertz CT molecular complexity index is 1110. The Morgan fingerprint density at radius 2 is 2.17 bits per heavy atom. The summed E-state index contributed by atoms with van der Waals surface area (Å²) in [6.07, 6.45) is 1.19. The first-order chi connectivity index (χ1) is 14.2. The van der Waals surface area contributed by atoms with E-state index in [0.717, 1.165) is 21.5 Å². The number of H-pyrrole nitrogens is 2. The molecule has 30 heavy (non-hydrogen) atoms. The number of benzene rings is 1. The average molecular weight is 436 g/mol. The van der Waals surface area contributed by atoms with Gasteiger partial charge in [0.15, 0.2) is 0 Å². The fourth-order valence-corrected chi connectivity index (χ4v) is 3.77. The van der Waals surface area contributed by atoms with E-state index in [-0.39, 0.29) is 25.1 Å². The molecule has 3 N–H and O–H groups in total. The van der Waals surface area contributed by atoms with Gasteiger partial charge in [-0.2, -0.15) is 0 Å². The first-order valence-electron chi connectivity index (χ1n) is 9.46. The van der Waals surface area contributed by atoms with Crippen LogP contribution in [0.2, 0.25) is 5.02 Å². The van der Waals surface area contributed by atoms with Crippen molar-refractivity contribution < 1.29 is 18.4 Å². The normalized spacial score (nSPS) is 16.7. The highest BCUT2D eigenvalue weighted by molar-refractivity contribution is 6.31. The van der Waals surface area contributed by atoms with Crippen LogP contribution in [-0.2, 0) is 11.2 Å². The van der Waals surface area contributed by atoms with Crippen LogP contribution in [0.15, 0.2) is 30.6 Å². The van der Waals surface area contributed by atoms with Gasteiger partial charge in [-0.25, -0.2) is 13.8 Å². The van der Waals surface area contributed by atoms with Gasteiger partial charge in [0.1, 0.15) is 11.7 Å². The van der Waals surface area contributed by atoms with Crippen LogP contribution in [-0.4, -0.2) is 56.7 Å². The van der Waals surface area contributed by atoms with Crippen LogP contribution in [0, 0.1) is 6.92 Å². The zero-order valence-corrected chi connectivity index (χ0v) is 16.9. The van der Waals surface area contributed by atoms with Crippen molar-refractivity contribution in [2.24, 2.45) is 0 Å². The molecule has 2 amide bonds. The quantitative estimate of drug-likeness (QED) is 0.575. The number of alkyl halides is 2. The number of aryl methyl sites for hydroxylation is 1. The van der Waals surface area contributed by atoms with Crippen molar-refractivity contribution in [1.29, 1.82) is 0 Å². The van der Waals surface area contributed by atoms with E-state index in [9.17, 15) is 18.4 Å². The van der Waals surface area contributed by atoms with E-state index in [2.05, 4.69) is 20.3 Å². The monoisotopic (exact) mass is 435 g/mol. The van der Waals surface area contributed by atoms with Crippen molar-refractivity contribution in [3.8, 4) is 0 Å². The van der Waals surface area contributed by atoms with Crippen LogP contribution in [0.25, 0.3) is 10.9 Å². The van der Waals surface area contributed by atoms with Crippen LogP contribution in [0.4, 0.5) is 8.78 Å². The van der Waals surface area contributed by atoms with Gasteiger partial charge >= 0.3 is 0 Å². The van der Waals surface area contributed by atoms with E-state index >= 15 is 0 Å². The molecule has 1 unspecified atom stereocenters. The van der Waals surface area contributed by atoms with E-state index in [1.54, 1.807) is 31.2 Å². The SMILES string of the molecule is Cc1[nH]cnc1CC(NC(=O)c1cc2cc(Cl)ccc2[nH]1)C(=O)N1CCC(F)(F)C1. The number of carbonyl (C=O) groups is 2. The lowest BCUT2D eigenvalue weighted by Crippen LogP contribution is -2.49. The number of nitrogens with one attached hydrogen (secondary N) is 3. The molecule has 1 aliphatic rings. The van der Waals surface area contributed by atoms with E-state index < -0.39 is 30.3 Å². The minimum absolute atomic E-state index is 0.0529. The number of hydrogen-bond donors (Lipinski definition) is 3. The molecule has 0 radical (unpaired) electrons. The summed E-state index contributed by atoms with van der Waals surface area (Å²) in [5.74, 6) is -3.98. The molecule has 3 aromatic rings. The second-order valence-electron chi connectivity index (χ2n) is 7.48. The van der Waals surface area contributed by atoms with Gasteiger partial charge in [0.2, 0.25) is 5.91 Å². The largest absolute Gasteiger partial charge is 0.351 e. The van der Waals surface area contributed by atoms with Gasteiger partial charge in [0.05, 0.1) is 18.6 Å². The van der Waals surface area contributed by atoms with Crippen molar-refractivity contribution >= 4 is 34.3 Å². The average Bonchev–Trinajstić information content (AvgIpc) is 3.38. The topological polar surface area (TPSA) is 93.9 Å². The number of carbonyl (C=O) groups excluding carboxylic acids is 2. The van der Waals surface area contributed by atoms with Gasteiger partial charge in [-0.1, -0.05) is 11.6 Å². The number of imidazole rings is 1. The Hall–Kier alpha value is -2.94. The molecule has 4 rings (SSSR count). The number of nitrogens with zero attached hydrogens (tertiary/aromatic N) is 2. The maximum Gasteiger partial charge on any atom is 0.268 e. The lowest BCUT2D eigenvalue weighted by atomic mass is 10.1. The zero-order chi connectivity index (χ0) is 21.5. The third-order valence-electron chi connectivity index (χ3n) is 5.24. The molecule has 1 saturated heterocycles. The Labute approximate surface area is 175 Å². The van der Waals surface area contributed by atoms with Gasteiger partial charge in [-0.05, 0) is 31.2 Å². The van der Waals surface area contributed by atoms with Gasteiger partial charge in [-0.15, -0.1) is 0 Å². The molecule has 0 bridgehead atoms. The smallest absolute Gasteiger partial charge is 0.268 e. The minimum atomic E-state index is -2.91. The first-order valence-corrected chi connectivity index (χ1v) is 9.84. The molecule has 0 spiro atoms. The van der Waals surface area contributed by atoms with Gasteiger partial charge in [0.25, 0.3) is 11.8 Å². The maximum atomic E-state index is 13.6. The maximum absolute atomic E-state index is 13.6. The second-order valence-corrected chi connectivity index (χ2v) is 7.92. The Morgan fingerprint density at radius 1 is 1.37 bits per heavy atom. The van der Waals surface area contributed by atoms with Crippen molar-refractivity contribution in [2.45, 2.75) is 31.7 Å². The molecule has 2 aromatic heterocycles. The first kappa shape index (κ1) is 20.3. The van der Waals surface area contributed by atoms with E-state index in [1.165, 1.54) is 6.33 Å². The summed E-state index contributed by atoms with van der Waals surface area (Å²) in [5, 5.41) is 3.97. The van der Waals surface area contributed by atoms with Gasteiger partial charge in [0, 0.05) is 41.0 Å². The van der Waals surface area contributed by atoms with Crippen LogP contribution in [0.3, 0.4) is 0 Å². The highest BCUT2D eigenvalue weighted by atomic mass is 35.5. The van der Waals surface area contributed by atoms with Crippen LogP contribution in [0.5, 0.6) is 0 Å². The molecular weight excluding hydrogens is 416 g/mol. The van der Waals surface area contributed by atoms with E-state index in [4.69, 9.17) is 11.6 Å². The minimum Gasteiger partial charge on any atom is -0.351 e. The summed E-state index contributed by atoms with van der Waals surface area (Å²) in [5.41, 5.74) is 2.29. The Morgan fingerprint density at radius 3 is 2.83 bits per heavy atom. The Balaban J connectivity index is 1.57. The Kier molecular flexibility index (Phi) is 5.23.